The number of carbonyl (C=O) groups is 1. The second-order valence-electron chi connectivity index (χ2n) is 4.58. The van der Waals surface area contributed by atoms with Gasteiger partial charge in [-0.05, 0) is 37.1 Å². The molecule has 0 aliphatic carbocycles. The lowest BCUT2D eigenvalue weighted by atomic mass is 10.1. The molecule has 2 aromatic rings. The predicted molar refractivity (Wildman–Crippen MR) is 81.0 cm³/mol. The van der Waals surface area contributed by atoms with Crippen molar-refractivity contribution in [3.8, 4) is 5.75 Å². The van der Waals surface area contributed by atoms with Crippen LogP contribution in [0.15, 0.2) is 54.6 Å². The fourth-order valence-corrected chi connectivity index (χ4v) is 1.92. The highest BCUT2D eigenvalue weighted by molar-refractivity contribution is 5.94. The van der Waals surface area contributed by atoms with Crippen molar-refractivity contribution in [2.24, 2.45) is 0 Å². The quantitative estimate of drug-likeness (QED) is 0.899. The first-order valence-electron chi connectivity index (χ1n) is 6.81. The number of ether oxygens (including phenoxy) is 1. The maximum atomic E-state index is 12.1. The Hall–Kier alpha value is -2.29. The van der Waals surface area contributed by atoms with E-state index in [9.17, 15) is 4.79 Å². The van der Waals surface area contributed by atoms with E-state index in [1.165, 1.54) is 0 Å². The number of rotatable bonds is 5. The van der Waals surface area contributed by atoms with Crippen LogP contribution in [0, 0.1) is 0 Å². The Balaban J connectivity index is 2.01. The van der Waals surface area contributed by atoms with Crippen LogP contribution in [0.2, 0.25) is 0 Å². The van der Waals surface area contributed by atoms with Crippen molar-refractivity contribution in [3.63, 3.8) is 0 Å². The van der Waals surface area contributed by atoms with Crippen LogP contribution in [0.3, 0.4) is 0 Å². The van der Waals surface area contributed by atoms with E-state index in [2.05, 4.69) is 12.2 Å². The number of nitrogens with one attached hydrogen (secondary N) is 1. The molecule has 0 aliphatic heterocycles. The largest absolute Gasteiger partial charge is 0.481 e. The number of hydrogen-bond acceptors (Lipinski definition) is 2. The van der Waals surface area contributed by atoms with Crippen LogP contribution >= 0.6 is 0 Å². The molecular weight excluding hydrogens is 250 g/mol. The first-order chi connectivity index (χ1) is 9.70. The summed E-state index contributed by atoms with van der Waals surface area (Å²) in [6, 6.07) is 17.2. The third-order valence-electron chi connectivity index (χ3n) is 3.07. The van der Waals surface area contributed by atoms with Gasteiger partial charge in [0, 0.05) is 5.69 Å². The van der Waals surface area contributed by atoms with E-state index in [0.29, 0.717) is 0 Å². The van der Waals surface area contributed by atoms with Crippen molar-refractivity contribution in [3.05, 3.63) is 60.2 Å². The summed E-state index contributed by atoms with van der Waals surface area (Å²) in [7, 11) is 0. The maximum absolute atomic E-state index is 12.1. The zero-order chi connectivity index (χ0) is 14.4. The zero-order valence-electron chi connectivity index (χ0n) is 11.8. The molecule has 20 heavy (non-hydrogen) atoms. The average Bonchev–Trinajstić information content (AvgIpc) is 2.48. The van der Waals surface area contributed by atoms with E-state index in [-0.39, 0.29) is 5.91 Å². The Bertz CT molecular complexity index is 566. The van der Waals surface area contributed by atoms with E-state index in [1.54, 1.807) is 6.92 Å². The standard InChI is InChI=1S/C17H19NO2/c1-3-14-9-7-8-12-16(14)20-13(2)17(19)18-15-10-5-4-6-11-15/h4-13H,3H2,1-2H3,(H,18,19). The molecule has 0 radical (unpaired) electrons. The van der Waals surface area contributed by atoms with Gasteiger partial charge in [-0.1, -0.05) is 43.3 Å². The van der Waals surface area contributed by atoms with Gasteiger partial charge in [0.05, 0.1) is 0 Å². The first-order valence-corrected chi connectivity index (χ1v) is 6.81. The fourth-order valence-electron chi connectivity index (χ4n) is 1.92. The summed E-state index contributed by atoms with van der Waals surface area (Å²) in [4.78, 5) is 12.1. The summed E-state index contributed by atoms with van der Waals surface area (Å²) in [6.45, 7) is 3.82. The van der Waals surface area contributed by atoms with Crippen molar-refractivity contribution in [2.75, 3.05) is 5.32 Å². The molecule has 2 aromatic carbocycles. The summed E-state index contributed by atoms with van der Waals surface area (Å²) in [5.41, 5.74) is 1.88. The third kappa shape index (κ3) is 3.60. The highest BCUT2D eigenvalue weighted by atomic mass is 16.5. The minimum absolute atomic E-state index is 0.151. The van der Waals surface area contributed by atoms with E-state index >= 15 is 0 Å². The van der Waals surface area contributed by atoms with Gasteiger partial charge in [-0.15, -0.1) is 0 Å². The van der Waals surface area contributed by atoms with E-state index < -0.39 is 6.10 Å². The van der Waals surface area contributed by atoms with Crippen LogP contribution in [0.1, 0.15) is 19.4 Å². The summed E-state index contributed by atoms with van der Waals surface area (Å²) in [5, 5.41) is 2.84. The fraction of sp³-hybridized carbons (Fsp3) is 0.235. The Labute approximate surface area is 119 Å². The second-order valence-corrected chi connectivity index (χ2v) is 4.58. The molecule has 2 rings (SSSR count). The van der Waals surface area contributed by atoms with Crippen LogP contribution in [-0.4, -0.2) is 12.0 Å². The second kappa shape index (κ2) is 6.75. The number of anilines is 1. The van der Waals surface area contributed by atoms with Crippen molar-refractivity contribution >= 4 is 11.6 Å². The van der Waals surface area contributed by atoms with Gasteiger partial charge < -0.3 is 10.1 Å². The summed E-state index contributed by atoms with van der Waals surface area (Å²) in [6.07, 6.45) is 0.339. The minimum Gasteiger partial charge on any atom is -0.481 e. The Morgan fingerprint density at radius 3 is 2.45 bits per heavy atom. The van der Waals surface area contributed by atoms with E-state index in [0.717, 1.165) is 23.4 Å². The molecule has 0 bridgehead atoms. The van der Waals surface area contributed by atoms with Crippen LogP contribution in [0.4, 0.5) is 5.69 Å². The van der Waals surface area contributed by atoms with E-state index in [4.69, 9.17) is 4.74 Å². The summed E-state index contributed by atoms with van der Waals surface area (Å²) < 4.78 is 5.76. The molecule has 1 unspecified atom stereocenters. The van der Waals surface area contributed by atoms with Crippen LogP contribution in [-0.2, 0) is 11.2 Å². The molecule has 104 valence electrons. The molecule has 3 heteroatoms. The van der Waals surface area contributed by atoms with Gasteiger partial charge in [-0.3, -0.25) is 4.79 Å². The van der Waals surface area contributed by atoms with Gasteiger partial charge in [0.2, 0.25) is 0 Å². The van der Waals surface area contributed by atoms with Crippen LogP contribution in [0.5, 0.6) is 5.75 Å². The number of hydrogen-bond donors (Lipinski definition) is 1. The SMILES string of the molecule is CCc1ccccc1OC(C)C(=O)Nc1ccccc1. The molecule has 0 saturated heterocycles. The molecule has 1 atom stereocenters. The molecule has 1 N–H and O–H groups in total. The lowest BCUT2D eigenvalue weighted by Crippen LogP contribution is -2.30. The molecule has 0 saturated carbocycles. The van der Waals surface area contributed by atoms with Crippen LogP contribution < -0.4 is 10.1 Å². The smallest absolute Gasteiger partial charge is 0.265 e. The molecule has 1 amide bonds. The Morgan fingerprint density at radius 1 is 1.10 bits per heavy atom. The number of benzene rings is 2. The van der Waals surface area contributed by atoms with Crippen molar-refractivity contribution in [1.29, 1.82) is 0 Å². The lowest BCUT2D eigenvalue weighted by molar-refractivity contribution is -0.122. The van der Waals surface area contributed by atoms with Crippen LogP contribution in [0.25, 0.3) is 0 Å². The van der Waals surface area contributed by atoms with Gasteiger partial charge in [0.1, 0.15) is 5.75 Å². The summed E-state index contributed by atoms with van der Waals surface area (Å²) >= 11 is 0. The summed E-state index contributed by atoms with van der Waals surface area (Å²) in [5.74, 6) is 0.618. The van der Waals surface area contributed by atoms with Crippen molar-refractivity contribution < 1.29 is 9.53 Å². The highest BCUT2D eigenvalue weighted by Gasteiger charge is 2.15. The highest BCUT2D eigenvalue weighted by Crippen LogP contribution is 2.20. The number of carbonyl (C=O) groups excluding carboxylic acids is 1. The van der Waals surface area contributed by atoms with E-state index in [1.807, 2.05) is 54.6 Å². The molecule has 0 spiro atoms. The molecule has 0 fully saturated rings. The normalized spacial score (nSPS) is 11.7. The monoisotopic (exact) mass is 269 g/mol. The molecule has 3 nitrogen and oxygen atoms in total. The number of amides is 1. The Kier molecular flexibility index (Phi) is 4.77. The van der Waals surface area contributed by atoms with Crippen molar-refractivity contribution in [2.45, 2.75) is 26.4 Å². The van der Waals surface area contributed by atoms with Gasteiger partial charge in [-0.25, -0.2) is 0 Å². The molecule has 0 aliphatic rings. The Morgan fingerprint density at radius 2 is 1.75 bits per heavy atom. The number of para-hydroxylation sites is 2. The number of aryl methyl sites for hydroxylation is 1. The topological polar surface area (TPSA) is 38.3 Å². The van der Waals surface area contributed by atoms with Gasteiger partial charge in [-0.2, -0.15) is 0 Å². The molecule has 0 aromatic heterocycles. The first kappa shape index (κ1) is 14.1. The maximum Gasteiger partial charge on any atom is 0.265 e. The van der Waals surface area contributed by atoms with Gasteiger partial charge >= 0.3 is 0 Å². The lowest BCUT2D eigenvalue weighted by Gasteiger charge is -2.16. The van der Waals surface area contributed by atoms with Gasteiger partial charge in [0.15, 0.2) is 6.10 Å². The predicted octanol–water partition coefficient (Wildman–Crippen LogP) is 3.66. The molecule has 0 heterocycles. The average molecular weight is 269 g/mol. The van der Waals surface area contributed by atoms with Crippen molar-refractivity contribution in [1.82, 2.24) is 0 Å². The molecular formula is C17H19NO2. The third-order valence-corrected chi connectivity index (χ3v) is 3.07. The van der Waals surface area contributed by atoms with Gasteiger partial charge in [0.25, 0.3) is 5.91 Å². The minimum atomic E-state index is -0.539. The zero-order valence-corrected chi connectivity index (χ0v) is 11.8.